The van der Waals surface area contributed by atoms with E-state index < -0.39 is 0 Å². The van der Waals surface area contributed by atoms with E-state index in [0.717, 1.165) is 43.1 Å². The van der Waals surface area contributed by atoms with Gasteiger partial charge < -0.3 is 14.4 Å². The highest BCUT2D eigenvalue weighted by Crippen LogP contribution is 2.36. The number of nitriles is 1. The van der Waals surface area contributed by atoms with Crippen molar-refractivity contribution < 1.29 is 0 Å². The molecule has 2 aromatic rings. The molecule has 2 atom stereocenters. The Hall–Kier alpha value is -2.65. The van der Waals surface area contributed by atoms with Gasteiger partial charge in [-0.05, 0) is 44.6 Å². The summed E-state index contributed by atoms with van der Waals surface area (Å²) in [4.78, 5) is 21.6. The Morgan fingerprint density at radius 3 is 2.85 bits per heavy atom. The molecule has 1 saturated heterocycles. The van der Waals surface area contributed by atoms with Crippen molar-refractivity contribution >= 4 is 5.82 Å². The number of anilines is 1. The normalized spacial score (nSPS) is 21.4. The van der Waals surface area contributed by atoms with Crippen molar-refractivity contribution in [3.63, 3.8) is 0 Å². The Bertz CT molecular complexity index is 927. The molecule has 0 saturated carbocycles. The highest BCUT2D eigenvalue weighted by molar-refractivity contribution is 5.43. The van der Waals surface area contributed by atoms with Gasteiger partial charge in [0.05, 0.1) is 0 Å². The minimum atomic E-state index is 0.156. The van der Waals surface area contributed by atoms with Gasteiger partial charge in [0.1, 0.15) is 17.6 Å². The summed E-state index contributed by atoms with van der Waals surface area (Å²) in [7, 11) is 3.97. The second-order valence-electron chi connectivity index (χ2n) is 7.63. The zero-order chi connectivity index (χ0) is 18.3. The molecule has 0 aromatic carbocycles. The van der Waals surface area contributed by atoms with Crippen LogP contribution in [0.2, 0.25) is 0 Å². The van der Waals surface area contributed by atoms with Crippen molar-refractivity contribution in [2.75, 3.05) is 32.1 Å². The Labute approximate surface area is 153 Å². The molecule has 0 spiro atoms. The fraction of sp³-hybridized carbons (Fsp3) is 0.450. The van der Waals surface area contributed by atoms with Gasteiger partial charge in [-0.2, -0.15) is 5.26 Å². The van der Waals surface area contributed by atoms with Crippen molar-refractivity contribution in [1.29, 1.82) is 5.26 Å². The third-order valence-corrected chi connectivity index (χ3v) is 5.34. The van der Waals surface area contributed by atoms with Crippen LogP contribution in [-0.4, -0.2) is 41.6 Å². The molecule has 1 fully saturated rings. The molecule has 2 aliphatic heterocycles. The molecule has 0 N–H and O–H groups in total. The van der Waals surface area contributed by atoms with Gasteiger partial charge in [0.15, 0.2) is 0 Å². The molecular weight excluding hydrogens is 326 g/mol. The summed E-state index contributed by atoms with van der Waals surface area (Å²) in [6, 6.07) is 11.8. The van der Waals surface area contributed by atoms with E-state index in [1.165, 1.54) is 0 Å². The summed E-state index contributed by atoms with van der Waals surface area (Å²) in [5.41, 5.74) is 2.60. The van der Waals surface area contributed by atoms with Gasteiger partial charge in [0.25, 0.3) is 5.56 Å². The van der Waals surface area contributed by atoms with Gasteiger partial charge in [0, 0.05) is 43.4 Å². The lowest BCUT2D eigenvalue weighted by atomic mass is 9.83. The van der Waals surface area contributed by atoms with Gasteiger partial charge in [-0.25, -0.2) is 4.98 Å². The molecule has 0 radical (unpaired) electrons. The molecule has 2 aliphatic rings. The average Bonchev–Trinajstić information content (AvgIpc) is 2.64. The average molecular weight is 349 g/mol. The summed E-state index contributed by atoms with van der Waals surface area (Å²) >= 11 is 0. The highest BCUT2D eigenvalue weighted by Gasteiger charge is 2.35. The number of hydrogen-bond donors (Lipinski definition) is 0. The first-order valence-corrected chi connectivity index (χ1v) is 9.04. The maximum atomic E-state index is 12.9. The van der Waals surface area contributed by atoms with Gasteiger partial charge in [0.2, 0.25) is 0 Å². The molecule has 6 nitrogen and oxygen atoms in total. The van der Waals surface area contributed by atoms with Gasteiger partial charge in [-0.15, -0.1) is 0 Å². The molecule has 4 rings (SSSR count). The highest BCUT2D eigenvalue weighted by atomic mass is 16.1. The number of fused-ring (bicyclic) bond motifs is 4. The molecule has 26 heavy (non-hydrogen) atoms. The van der Waals surface area contributed by atoms with Crippen LogP contribution in [0.4, 0.5) is 5.82 Å². The Morgan fingerprint density at radius 2 is 2.08 bits per heavy atom. The summed E-state index contributed by atoms with van der Waals surface area (Å²) in [5, 5.41) is 9.10. The van der Waals surface area contributed by atoms with E-state index in [-0.39, 0.29) is 5.56 Å². The third-order valence-electron chi connectivity index (χ3n) is 5.34. The second kappa shape index (κ2) is 6.58. The van der Waals surface area contributed by atoms with Crippen LogP contribution >= 0.6 is 0 Å². The molecular formula is C20H23N5O. The van der Waals surface area contributed by atoms with Crippen LogP contribution < -0.4 is 10.5 Å². The van der Waals surface area contributed by atoms with Gasteiger partial charge in [-0.1, -0.05) is 12.1 Å². The Morgan fingerprint density at radius 1 is 1.23 bits per heavy atom. The smallest absolute Gasteiger partial charge is 0.255 e. The van der Waals surface area contributed by atoms with Crippen molar-refractivity contribution in [3.05, 3.63) is 57.6 Å². The van der Waals surface area contributed by atoms with Crippen LogP contribution in [0.5, 0.6) is 0 Å². The van der Waals surface area contributed by atoms with Crippen LogP contribution in [-0.2, 0) is 13.1 Å². The summed E-state index contributed by atoms with van der Waals surface area (Å²) in [5.74, 6) is 1.62. The van der Waals surface area contributed by atoms with Crippen LogP contribution in [0.3, 0.4) is 0 Å². The lowest BCUT2D eigenvalue weighted by molar-refractivity contribution is 0.278. The van der Waals surface area contributed by atoms with Gasteiger partial charge in [-0.3, -0.25) is 4.79 Å². The number of hydrogen-bond acceptors (Lipinski definition) is 5. The van der Waals surface area contributed by atoms with Crippen molar-refractivity contribution in [2.45, 2.75) is 25.4 Å². The van der Waals surface area contributed by atoms with E-state index in [2.05, 4.69) is 22.0 Å². The zero-order valence-corrected chi connectivity index (χ0v) is 15.2. The number of rotatable bonds is 3. The zero-order valence-electron chi connectivity index (χ0n) is 15.2. The standard InChI is InChI=1S/C20H23N5O/c1-23(2)12-15-6-7-18-16-8-14(11-25(18)20(15)26)10-24(13-16)19-5-3-4-17(9-21)22-19/h3-7,14,16H,8,10-13H2,1-2H3/t14-,16+/m0/s1. The SMILES string of the molecule is CN(C)Cc1ccc2n(c1=O)C[C@H]1C[C@@H]2CN(c2cccc(C#N)n2)C1. The first kappa shape index (κ1) is 16.8. The minimum Gasteiger partial charge on any atom is -0.356 e. The first-order valence-electron chi connectivity index (χ1n) is 9.04. The maximum absolute atomic E-state index is 12.9. The lowest BCUT2D eigenvalue weighted by Gasteiger charge is -2.43. The maximum Gasteiger partial charge on any atom is 0.255 e. The topological polar surface area (TPSA) is 65.2 Å². The molecule has 2 aromatic heterocycles. The molecule has 0 unspecified atom stereocenters. The van der Waals surface area contributed by atoms with E-state index in [0.29, 0.717) is 24.1 Å². The number of pyridine rings is 2. The van der Waals surface area contributed by atoms with Gasteiger partial charge >= 0.3 is 0 Å². The van der Waals surface area contributed by atoms with Crippen LogP contribution in [0.1, 0.15) is 29.3 Å². The van der Waals surface area contributed by atoms with Crippen molar-refractivity contribution in [2.24, 2.45) is 5.92 Å². The van der Waals surface area contributed by atoms with Crippen molar-refractivity contribution in [3.8, 4) is 6.07 Å². The molecule has 6 heteroatoms. The number of piperidine rings is 1. The van der Waals surface area contributed by atoms with E-state index in [1.54, 1.807) is 6.07 Å². The second-order valence-corrected chi connectivity index (χ2v) is 7.63. The fourth-order valence-corrected chi connectivity index (χ4v) is 4.30. The fourth-order valence-electron chi connectivity index (χ4n) is 4.30. The summed E-state index contributed by atoms with van der Waals surface area (Å²) in [6.45, 7) is 3.15. The summed E-state index contributed by atoms with van der Waals surface area (Å²) < 4.78 is 1.99. The van der Waals surface area contributed by atoms with E-state index >= 15 is 0 Å². The predicted octanol–water partition coefficient (Wildman–Crippen LogP) is 1.80. The molecule has 2 bridgehead atoms. The third kappa shape index (κ3) is 2.99. The Balaban J connectivity index is 1.65. The first-order chi connectivity index (χ1) is 12.5. The molecule has 0 amide bonds. The number of aromatic nitrogens is 2. The molecule has 134 valence electrons. The predicted molar refractivity (Wildman–Crippen MR) is 100 cm³/mol. The van der Waals surface area contributed by atoms with Crippen LogP contribution in [0.25, 0.3) is 0 Å². The minimum absolute atomic E-state index is 0.156. The van der Waals surface area contributed by atoms with E-state index in [4.69, 9.17) is 5.26 Å². The monoisotopic (exact) mass is 349 g/mol. The van der Waals surface area contributed by atoms with E-state index in [1.807, 2.05) is 41.8 Å². The number of nitrogens with zero attached hydrogens (tertiary/aromatic N) is 5. The lowest BCUT2D eigenvalue weighted by Crippen LogP contribution is -2.48. The summed E-state index contributed by atoms with van der Waals surface area (Å²) in [6.07, 6.45) is 1.11. The van der Waals surface area contributed by atoms with Crippen LogP contribution in [0, 0.1) is 17.2 Å². The quantitative estimate of drug-likeness (QED) is 0.845. The van der Waals surface area contributed by atoms with E-state index in [9.17, 15) is 4.79 Å². The van der Waals surface area contributed by atoms with Crippen LogP contribution in [0.15, 0.2) is 35.1 Å². The van der Waals surface area contributed by atoms with Crippen molar-refractivity contribution in [1.82, 2.24) is 14.5 Å². The Kier molecular flexibility index (Phi) is 4.25. The molecule has 0 aliphatic carbocycles. The molecule has 4 heterocycles. The largest absolute Gasteiger partial charge is 0.356 e.